The van der Waals surface area contributed by atoms with Gasteiger partial charge in [-0.3, -0.25) is 14.4 Å². The summed E-state index contributed by atoms with van der Waals surface area (Å²) >= 11 is 0. The lowest BCUT2D eigenvalue weighted by atomic mass is 9.85. The van der Waals surface area contributed by atoms with Crippen LogP contribution in [0.2, 0.25) is 0 Å². The summed E-state index contributed by atoms with van der Waals surface area (Å²) in [7, 11) is 1.62. The van der Waals surface area contributed by atoms with Crippen LogP contribution in [0.3, 0.4) is 0 Å². The van der Waals surface area contributed by atoms with E-state index in [4.69, 9.17) is 47.5 Å². The first-order valence-corrected chi connectivity index (χ1v) is 17.7. The fourth-order valence-electron chi connectivity index (χ4n) is 7.04. The highest BCUT2D eigenvalue weighted by atomic mass is 16.7. The van der Waals surface area contributed by atoms with Crippen LogP contribution >= 0.6 is 0 Å². The summed E-state index contributed by atoms with van der Waals surface area (Å²) in [5.41, 5.74) is 4.46. The van der Waals surface area contributed by atoms with Crippen molar-refractivity contribution in [3.8, 4) is 0 Å². The Morgan fingerprint density at radius 3 is 1.92 bits per heavy atom. The molecule has 51 heavy (non-hydrogen) atoms. The van der Waals surface area contributed by atoms with Gasteiger partial charge in [-0.1, -0.05) is 60.7 Å². The number of ether oxygens (including phenoxy) is 9. The highest BCUT2D eigenvalue weighted by Gasteiger charge is 2.52. The van der Waals surface area contributed by atoms with E-state index in [2.05, 4.69) is 5.48 Å². The van der Waals surface area contributed by atoms with Crippen molar-refractivity contribution < 1.29 is 57.1 Å². The summed E-state index contributed by atoms with van der Waals surface area (Å²) in [5, 5.41) is 0. The van der Waals surface area contributed by atoms with E-state index in [9.17, 15) is 9.59 Å². The van der Waals surface area contributed by atoms with Gasteiger partial charge in [0.2, 0.25) is 0 Å². The molecule has 0 unspecified atom stereocenters. The lowest BCUT2D eigenvalue weighted by Crippen LogP contribution is -2.65. The van der Waals surface area contributed by atoms with Gasteiger partial charge in [-0.2, -0.15) is 5.48 Å². The first kappa shape index (κ1) is 39.2. The number of nitrogens with one attached hydrogen (secondary N) is 1. The molecular weight excluding hydrogens is 662 g/mol. The summed E-state index contributed by atoms with van der Waals surface area (Å²) in [5.74, 6) is -0.994. The van der Waals surface area contributed by atoms with Gasteiger partial charge in [-0.25, -0.2) is 0 Å². The van der Waals surface area contributed by atoms with Crippen LogP contribution in [0, 0.1) is 0 Å². The first-order valence-electron chi connectivity index (χ1n) is 17.7. The van der Waals surface area contributed by atoms with Crippen LogP contribution in [0.5, 0.6) is 0 Å². The fourth-order valence-corrected chi connectivity index (χ4v) is 7.04. The highest BCUT2D eigenvalue weighted by Crippen LogP contribution is 2.38. The quantitative estimate of drug-likeness (QED) is 0.213. The molecule has 0 spiro atoms. The summed E-state index contributed by atoms with van der Waals surface area (Å²) in [6, 6.07) is 19.8. The Balaban J connectivity index is 1.33. The lowest BCUT2D eigenvalue weighted by molar-refractivity contribution is -0.340. The molecule has 0 bridgehead atoms. The van der Waals surface area contributed by atoms with E-state index in [-0.39, 0.29) is 18.6 Å². The zero-order valence-electron chi connectivity index (χ0n) is 30.6. The van der Waals surface area contributed by atoms with E-state index in [0.29, 0.717) is 26.1 Å². The molecule has 3 heterocycles. The SMILES string of the molecule is CO[C@H]1C[C@H](OCc2ccccc2)[C@H](O[C@@H]2C[C@](C)(NOCc3ccccc3)[C@H](O[C@H]3C[C@H](OC(C)=O)[C@H](OC(C)=O)[C@H](C)O3)[C@H](C)O2)[C@H](C)O1. The van der Waals surface area contributed by atoms with E-state index >= 15 is 0 Å². The number of rotatable bonds is 14. The highest BCUT2D eigenvalue weighted by molar-refractivity contribution is 5.67. The minimum Gasteiger partial charge on any atom is -0.458 e. The summed E-state index contributed by atoms with van der Waals surface area (Å²) in [6.45, 7) is 10.9. The number of hydroxylamine groups is 1. The van der Waals surface area contributed by atoms with Crippen molar-refractivity contribution in [2.24, 2.45) is 0 Å². The smallest absolute Gasteiger partial charge is 0.303 e. The molecule has 5 rings (SSSR count). The maximum absolute atomic E-state index is 12.0. The number of hydrogen-bond donors (Lipinski definition) is 1. The monoisotopic (exact) mass is 715 g/mol. The molecule has 12 atom stereocenters. The van der Waals surface area contributed by atoms with Crippen molar-refractivity contribution in [3.63, 3.8) is 0 Å². The molecule has 0 aromatic heterocycles. The second-order valence-electron chi connectivity index (χ2n) is 13.7. The Kier molecular flexibility index (Phi) is 14.0. The van der Waals surface area contributed by atoms with E-state index in [1.807, 2.05) is 81.4 Å². The molecule has 0 aliphatic carbocycles. The summed E-state index contributed by atoms with van der Waals surface area (Å²) in [6.07, 6.45) is -5.43. The normalized spacial score (nSPS) is 35.5. The molecule has 13 nitrogen and oxygen atoms in total. The maximum atomic E-state index is 12.0. The largest absolute Gasteiger partial charge is 0.458 e. The van der Waals surface area contributed by atoms with E-state index in [1.165, 1.54) is 13.8 Å². The number of methoxy groups -OCH3 is 1. The average Bonchev–Trinajstić information content (AvgIpc) is 3.08. The van der Waals surface area contributed by atoms with Gasteiger partial charge in [0, 0.05) is 40.2 Å². The Bertz CT molecular complexity index is 1380. The third kappa shape index (κ3) is 10.8. The molecular formula is C38H53NO12. The van der Waals surface area contributed by atoms with Gasteiger partial charge in [0.15, 0.2) is 25.0 Å². The average molecular weight is 716 g/mol. The van der Waals surface area contributed by atoms with E-state index < -0.39 is 73.0 Å². The Labute approximate surface area is 300 Å². The zero-order valence-corrected chi connectivity index (χ0v) is 30.6. The third-order valence-electron chi connectivity index (χ3n) is 9.44. The first-order chi connectivity index (χ1) is 24.4. The minimum absolute atomic E-state index is 0.143. The van der Waals surface area contributed by atoms with Gasteiger partial charge < -0.3 is 42.6 Å². The van der Waals surface area contributed by atoms with Crippen LogP contribution in [0.1, 0.15) is 71.9 Å². The standard InChI is InChI=1S/C38H53NO12/c1-23-35(30(18-32(42-7)45-23)43-21-28-14-10-8-11-15-28)50-34-20-38(6,39-44-22-29-16-12-9-13-17-29)37(25(3)47-34)51-33-19-31(48-26(4)40)36(24(2)46-33)49-27(5)41/h8-17,23-25,30-37,39H,18-22H2,1-7H3/t23-,24-,25-,30-,31-,32+,33-,34+,35+,36+,37+,38-/m0/s1. The van der Waals surface area contributed by atoms with Crippen LogP contribution in [0.4, 0.5) is 0 Å². The molecule has 0 radical (unpaired) electrons. The van der Waals surface area contributed by atoms with Gasteiger partial charge in [-0.15, -0.1) is 0 Å². The van der Waals surface area contributed by atoms with Crippen LogP contribution in [0.25, 0.3) is 0 Å². The second kappa shape index (κ2) is 18.2. The van der Waals surface area contributed by atoms with Crippen molar-refractivity contribution in [3.05, 3.63) is 71.8 Å². The molecule has 2 aromatic rings. The van der Waals surface area contributed by atoms with E-state index in [1.54, 1.807) is 14.0 Å². The molecule has 0 amide bonds. The molecule has 3 aliphatic rings. The topological polar surface area (TPSA) is 138 Å². The molecule has 3 aliphatic heterocycles. The van der Waals surface area contributed by atoms with Gasteiger partial charge in [0.25, 0.3) is 0 Å². The number of hydrogen-bond acceptors (Lipinski definition) is 13. The molecule has 282 valence electrons. The van der Waals surface area contributed by atoms with Gasteiger partial charge in [-0.05, 0) is 38.8 Å². The van der Waals surface area contributed by atoms with Crippen molar-refractivity contribution in [1.29, 1.82) is 0 Å². The fraction of sp³-hybridized carbons (Fsp3) is 0.632. The Hall–Kier alpha value is -2.98. The molecule has 2 aromatic carbocycles. The number of carbonyl (C=O) groups excluding carboxylic acids is 2. The number of esters is 2. The lowest BCUT2D eigenvalue weighted by Gasteiger charge is -2.50. The zero-order chi connectivity index (χ0) is 36.5. The maximum Gasteiger partial charge on any atom is 0.303 e. The summed E-state index contributed by atoms with van der Waals surface area (Å²) < 4.78 is 55.3. The van der Waals surface area contributed by atoms with E-state index in [0.717, 1.165) is 11.1 Å². The number of carbonyl (C=O) groups is 2. The van der Waals surface area contributed by atoms with Crippen molar-refractivity contribution in [2.45, 2.75) is 147 Å². The van der Waals surface area contributed by atoms with Crippen LogP contribution in [0.15, 0.2) is 60.7 Å². The predicted molar refractivity (Wildman–Crippen MR) is 183 cm³/mol. The molecule has 1 N–H and O–H groups in total. The van der Waals surface area contributed by atoms with Crippen LogP contribution in [-0.2, 0) is 70.3 Å². The molecule has 3 saturated heterocycles. The second-order valence-corrected chi connectivity index (χ2v) is 13.7. The van der Waals surface area contributed by atoms with Crippen molar-refractivity contribution in [1.82, 2.24) is 5.48 Å². The van der Waals surface area contributed by atoms with Crippen molar-refractivity contribution in [2.75, 3.05) is 7.11 Å². The van der Waals surface area contributed by atoms with Crippen molar-refractivity contribution >= 4 is 11.9 Å². The molecule has 0 saturated carbocycles. The van der Waals surface area contributed by atoms with Crippen LogP contribution in [-0.4, -0.2) is 92.3 Å². The predicted octanol–water partition coefficient (Wildman–Crippen LogP) is 4.74. The van der Waals surface area contributed by atoms with Crippen LogP contribution < -0.4 is 5.48 Å². The molecule has 3 fully saturated rings. The number of benzene rings is 2. The Morgan fingerprint density at radius 1 is 0.725 bits per heavy atom. The minimum atomic E-state index is -0.860. The van der Waals surface area contributed by atoms with Gasteiger partial charge in [0.05, 0.1) is 43.2 Å². The Morgan fingerprint density at radius 2 is 1.29 bits per heavy atom. The van der Waals surface area contributed by atoms with Gasteiger partial charge >= 0.3 is 11.9 Å². The molecule has 13 heteroatoms. The van der Waals surface area contributed by atoms with Gasteiger partial charge in [0.1, 0.15) is 18.3 Å². The summed E-state index contributed by atoms with van der Waals surface area (Å²) in [4.78, 5) is 30.0. The third-order valence-corrected chi connectivity index (χ3v) is 9.44.